The fourth-order valence-electron chi connectivity index (χ4n) is 1.03. The molecule has 0 bridgehead atoms. The van der Waals surface area contributed by atoms with Crippen LogP contribution in [0.4, 0.5) is 23.2 Å². The van der Waals surface area contributed by atoms with Crippen molar-refractivity contribution in [1.82, 2.24) is 0 Å². The lowest BCUT2D eigenvalue weighted by Gasteiger charge is -2.09. The smallest absolute Gasteiger partial charge is 0.211 e. The minimum Gasteiger partial charge on any atom is -0.211 e. The number of nitriles is 1. The number of benzene rings is 1. The number of carbonyl (C=O) groups excluding carboxylic acids is 1. The first kappa shape index (κ1) is 11.9. The number of halogens is 4. The average Bonchev–Trinajstić information content (AvgIpc) is 2.19. The van der Waals surface area contributed by atoms with Crippen molar-refractivity contribution in [3.63, 3.8) is 0 Å². The van der Waals surface area contributed by atoms with Crippen LogP contribution >= 0.6 is 0 Å². The first-order chi connectivity index (χ1) is 7.41. The van der Waals surface area contributed by atoms with Crippen LogP contribution in [0.3, 0.4) is 0 Å². The zero-order valence-corrected chi connectivity index (χ0v) is 7.47. The number of rotatable bonds is 1. The molecule has 0 N–H and O–H groups in total. The van der Waals surface area contributed by atoms with E-state index in [1.54, 1.807) is 0 Å². The van der Waals surface area contributed by atoms with E-state index in [-0.39, 0.29) is 0 Å². The predicted molar refractivity (Wildman–Crippen MR) is 43.9 cm³/mol. The van der Waals surface area contributed by atoms with E-state index in [1.165, 1.54) is 6.07 Å². The Morgan fingerprint density at radius 3 is 2.38 bits per heavy atom. The fraction of sp³-hybridized carbons (Fsp3) is 0.111. The van der Waals surface area contributed by atoms with Crippen molar-refractivity contribution >= 4 is 11.8 Å². The van der Waals surface area contributed by atoms with E-state index in [1.807, 2.05) is 0 Å². The van der Waals surface area contributed by atoms with Crippen molar-refractivity contribution in [3.05, 3.63) is 29.1 Å². The third-order valence-corrected chi connectivity index (χ3v) is 1.70. The highest BCUT2D eigenvalue weighted by atomic mass is 19.4. The van der Waals surface area contributed by atoms with Gasteiger partial charge >= 0.3 is 6.18 Å². The second-order valence-corrected chi connectivity index (χ2v) is 2.64. The van der Waals surface area contributed by atoms with Gasteiger partial charge in [-0.3, -0.25) is 0 Å². The molecule has 0 heterocycles. The van der Waals surface area contributed by atoms with Crippen LogP contribution in [-0.4, -0.2) is 6.08 Å². The van der Waals surface area contributed by atoms with E-state index >= 15 is 0 Å². The summed E-state index contributed by atoms with van der Waals surface area (Å²) in [5, 5.41) is 8.48. The highest BCUT2D eigenvalue weighted by molar-refractivity contribution is 5.61. The quantitative estimate of drug-likeness (QED) is 0.423. The molecule has 0 atom stereocenters. The summed E-state index contributed by atoms with van der Waals surface area (Å²) in [5.74, 6) is -1.75. The van der Waals surface area contributed by atoms with Crippen molar-refractivity contribution in [1.29, 1.82) is 5.26 Å². The molecule has 1 aromatic rings. The minimum atomic E-state index is -4.91. The second kappa shape index (κ2) is 4.13. The standard InChI is InChI=1S/C9H2F4N2O/c10-7-6(9(11,12)13)2-1-5(3-14)8(7)15-4-16/h1-2H. The van der Waals surface area contributed by atoms with Gasteiger partial charge in [-0.1, -0.05) is 0 Å². The fourth-order valence-corrected chi connectivity index (χ4v) is 1.03. The van der Waals surface area contributed by atoms with Crippen LogP contribution < -0.4 is 0 Å². The highest BCUT2D eigenvalue weighted by Crippen LogP contribution is 2.36. The summed E-state index contributed by atoms with van der Waals surface area (Å²) in [6.07, 6.45) is -4.02. The van der Waals surface area contributed by atoms with E-state index in [4.69, 9.17) is 5.26 Å². The second-order valence-electron chi connectivity index (χ2n) is 2.64. The Bertz CT molecular complexity index is 509. The van der Waals surface area contributed by atoms with Crippen LogP contribution in [0.1, 0.15) is 11.1 Å². The van der Waals surface area contributed by atoms with Crippen LogP contribution in [0.25, 0.3) is 0 Å². The molecule has 0 saturated heterocycles. The van der Waals surface area contributed by atoms with Crippen molar-refractivity contribution in [3.8, 4) is 6.07 Å². The molecule has 16 heavy (non-hydrogen) atoms. The molecule has 0 spiro atoms. The van der Waals surface area contributed by atoms with Crippen LogP contribution in [0.15, 0.2) is 17.1 Å². The maximum atomic E-state index is 13.3. The van der Waals surface area contributed by atoms with Gasteiger partial charge in [0.1, 0.15) is 11.8 Å². The van der Waals surface area contributed by atoms with Gasteiger partial charge in [-0.2, -0.15) is 23.4 Å². The summed E-state index contributed by atoms with van der Waals surface area (Å²) in [4.78, 5) is 12.7. The molecule has 0 amide bonds. The molecule has 82 valence electrons. The predicted octanol–water partition coefficient (Wildman–Crippen LogP) is 2.68. The van der Waals surface area contributed by atoms with Crippen LogP contribution in [0.2, 0.25) is 0 Å². The summed E-state index contributed by atoms with van der Waals surface area (Å²) in [6, 6.07) is 2.57. The van der Waals surface area contributed by atoms with E-state index in [0.717, 1.165) is 12.1 Å². The van der Waals surface area contributed by atoms with Crippen molar-refractivity contribution in [2.24, 2.45) is 4.99 Å². The van der Waals surface area contributed by atoms with Gasteiger partial charge < -0.3 is 0 Å². The average molecular weight is 230 g/mol. The van der Waals surface area contributed by atoms with E-state index < -0.39 is 28.8 Å². The number of alkyl halides is 3. The summed E-state index contributed by atoms with van der Waals surface area (Å²) in [5.41, 5.74) is -3.00. The molecule has 0 unspecified atom stereocenters. The van der Waals surface area contributed by atoms with Crippen LogP contribution in [-0.2, 0) is 11.0 Å². The van der Waals surface area contributed by atoms with Crippen molar-refractivity contribution in [2.45, 2.75) is 6.18 Å². The lowest BCUT2D eigenvalue weighted by molar-refractivity contribution is -0.139. The number of hydrogen-bond acceptors (Lipinski definition) is 3. The molecule has 1 aromatic carbocycles. The minimum absolute atomic E-state index is 0.414. The summed E-state index contributed by atoms with van der Waals surface area (Å²) >= 11 is 0. The SMILES string of the molecule is N#Cc1ccc(C(F)(F)F)c(F)c1N=C=O. The van der Waals surface area contributed by atoms with Gasteiger partial charge in [-0.05, 0) is 12.1 Å². The van der Waals surface area contributed by atoms with Gasteiger partial charge in [-0.15, -0.1) is 0 Å². The van der Waals surface area contributed by atoms with Crippen molar-refractivity contribution in [2.75, 3.05) is 0 Å². The molecular formula is C9H2F4N2O. The van der Waals surface area contributed by atoms with Crippen LogP contribution in [0, 0.1) is 17.1 Å². The van der Waals surface area contributed by atoms with E-state index in [2.05, 4.69) is 4.99 Å². The number of isocyanates is 1. The lowest BCUT2D eigenvalue weighted by Crippen LogP contribution is -2.08. The molecule has 0 aliphatic heterocycles. The summed E-state index contributed by atoms with van der Waals surface area (Å²) < 4.78 is 50.0. The summed E-state index contributed by atoms with van der Waals surface area (Å²) in [7, 11) is 0. The largest absolute Gasteiger partial charge is 0.419 e. The molecule has 7 heteroatoms. The van der Waals surface area contributed by atoms with Gasteiger partial charge in [0, 0.05) is 0 Å². The first-order valence-corrected chi connectivity index (χ1v) is 3.79. The third-order valence-electron chi connectivity index (χ3n) is 1.70. The Morgan fingerprint density at radius 2 is 1.94 bits per heavy atom. The Hall–Kier alpha value is -2.19. The number of hydrogen-bond donors (Lipinski definition) is 0. The molecule has 1 rings (SSSR count). The molecule has 0 radical (unpaired) electrons. The van der Waals surface area contributed by atoms with Gasteiger partial charge in [0.05, 0.1) is 11.1 Å². The normalized spacial score (nSPS) is 10.4. The maximum Gasteiger partial charge on any atom is 0.419 e. The zero-order valence-electron chi connectivity index (χ0n) is 7.47. The molecule has 0 saturated carbocycles. The molecule has 0 aromatic heterocycles. The Labute approximate surface area is 86.6 Å². The summed E-state index contributed by atoms with van der Waals surface area (Å²) in [6.45, 7) is 0. The Morgan fingerprint density at radius 1 is 1.31 bits per heavy atom. The molecule has 0 aliphatic rings. The molecule has 3 nitrogen and oxygen atoms in total. The topological polar surface area (TPSA) is 53.2 Å². The molecule has 0 fully saturated rings. The zero-order chi connectivity index (χ0) is 12.3. The third kappa shape index (κ3) is 2.07. The highest BCUT2D eigenvalue weighted by Gasteiger charge is 2.35. The van der Waals surface area contributed by atoms with Gasteiger partial charge in [-0.25, -0.2) is 9.18 Å². The van der Waals surface area contributed by atoms with E-state index in [9.17, 15) is 22.4 Å². The lowest BCUT2D eigenvalue weighted by atomic mass is 10.1. The van der Waals surface area contributed by atoms with Gasteiger partial charge in [0.15, 0.2) is 5.82 Å². The number of aliphatic imine (C=N–C) groups is 1. The van der Waals surface area contributed by atoms with Gasteiger partial charge in [0.25, 0.3) is 0 Å². The Balaban J connectivity index is 3.57. The maximum absolute atomic E-state index is 13.3. The monoisotopic (exact) mass is 230 g/mol. The first-order valence-electron chi connectivity index (χ1n) is 3.79. The van der Waals surface area contributed by atoms with E-state index in [0.29, 0.717) is 6.07 Å². The molecule has 0 aliphatic carbocycles. The Kier molecular flexibility index (Phi) is 3.06. The number of nitrogens with zero attached hydrogens (tertiary/aromatic N) is 2. The van der Waals surface area contributed by atoms with Gasteiger partial charge in [0.2, 0.25) is 6.08 Å². The van der Waals surface area contributed by atoms with Crippen molar-refractivity contribution < 1.29 is 22.4 Å². The van der Waals surface area contributed by atoms with Crippen LogP contribution in [0.5, 0.6) is 0 Å². The molecular weight excluding hydrogens is 228 g/mol.